The van der Waals surface area contributed by atoms with Crippen molar-refractivity contribution in [1.82, 2.24) is 4.90 Å². The zero-order valence-corrected chi connectivity index (χ0v) is 21.0. The van der Waals surface area contributed by atoms with Crippen LogP contribution in [0.25, 0.3) is 0 Å². The summed E-state index contributed by atoms with van der Waals surface area (Å²) in [7, 11) is 0. The molecule has 0 aromatic heterocycles. The molecule has 1 amide bonds. The van der Waals surface area contributed by atoms with Crippen molar-refractivity contribution < 1.29 is 27.7 Å². The second-order valence-electron chi connectivity index (χ2n) is 10.1. The zero-order chi connectivity index (χ0) is 27.7. The minimum atomic E-state index is -4.73. The number of carbonyl (C=O) groups is 2. The van der Waals surface area contributed by atoms with E-state index in [0.29, 0.717) is 30.0 Å². The molecule has 3 unspecified atom stereocenters. The van der Waals surface area contributed by atoms with Crippen molar-refractivity contribution >= 4 is 34.7 Å². The van der Waals surface area contributed by atoms with Crippen molar-refractivity contribution in [3.63, 3.8) is 0 Å². The Morgan fingerprint density at radius 2 is 1.82 bits per heavy atom. The summed E-state index contributed by atoms with van der Waals surface area (Å²) in [6.07, 6.45) is -3.51. The molecule has 2 fully saturated rings. The van der Waals surface area contributed by atoms with Crippen LogP contribution in [0, 0.1) is 16.0 Å². The predicted molar refractivity (Wildman–Crippen MR) is 137 cm³/mol. The normalized spacial score (nSPS) is 25.9. The van der Waals surface area contributed by atoms with Gasteiger partial charge in [0.2, 0.25) is 5.91 Å². The van der Waals surface area contributed by atoms with Crippen molar-refractivity contribution in [2.45, 2.75) is 36.5 Å². The number of nitro groups is 1. The summed E-state index contributed by atoms with van der Waals surface area (Å²) < 4.78 is 42.1. The highest BCUT2D eigenvalue weighted by molar-refractivity contribution is 6.30. The second kappa shape index (κ2) is 8.89. The van der Waals surface area contributed by atoms with Gasteiger partial charge >= 0.3 is 6.18 Å². The third-order valence-corrected chi connectivity index (χ3v) is 8.47. The highest BCUT2D eigenvalue weighted by atomic mass is 35.5. The third kappa shape index (κ3) is 3.69. The summed E-state index contributed by atoms with van der Waals surface area (Å²) in [4.78, 5) is 41.3. The van der Waals surface area contributed by atoms with Crippen LogP contribution in [0.1, 0.15) is 45.8 Å². The van der Waals surface area contributed by atoms with Crippen LogP contribution in [-0.4, -0.2) is 34.1 Å². The first-order valence-corrected chi connectivity index (χ1v) is 12.8. The van der Waals surface area contributed by atoms with Gasteiger partial charge < -0.3 is 5.32 Å². The third-order valence-electron chi connectivity index (χ3n) is 8.22. The number of nitrogens with one attached hydrogen (secondary N) is 1. The minimum absolute atomic E-state index is 0.0921. The molecule has 0 saturated carbocycles. The van der Waals surface area contributed by atoms with Crippen LogP contribution in [0.4, 0.5) is 24.5 Å². The van der Waals surface area contributed by atoms with E-state index < -0.39 is 51.8 Å². The molecule has 0 bridgehead atoms. The Hall–Kier alpha value is -3.76. The standard InChI is InChI=1S/C28H21ClF3N3O4/c29-17-11-9-15(10-12-17)25(36)23-22(16-4-1-5-18(14-16)35(38)39)21-8-3-13-34(21)27(23)19-6-2-7-20(28(30,31)32)24(19)33-26(27)37/h1-2,4-7,9-12,14,21-23H,3,8,13H2,(H,33,37)/t21?,22?,23?,27-/m1/s1. The fourth-order valence-corrected chi connectivity index (χ4v) is 6.96. The average Bonchev–Trinajstić information content (AvgIpc) is 3.56. The molecule has 3 aliphatic heterocycles. The number of halogens is 4. The first-order valence-electron chi connectivity index (χ1n) is 12.4. The number of anilines is 1. The van der Waals surface area contributed by atoms with Crippen LogP contribution in [0.5, 0.6) is 0 Å². The number of non-ortho nitro benzene ring substituents is 1. The Labute approximate surface area is 225 Å². The summed E-state index contributed by atoms with van der Waals surface area (Å²) in [5.41, 5.74) is -2.43. The fraction of sp³-hybridized carbons (Fsp3) is 0.286. The van der Waals surface area contributed by atoms with Crippen molar-refractivity contribution in [2.75, 3.05) is 11.9 Å². The van der Waals surface area contributed by atoms with Crippen LogP contribution in [0.3, 0.4) is 0 Å². The molecule has 7 nitrogen and oxygen atoms in total. The number of benzene rings is 3. The van der Waals surface area contributed by atoms with Crippen molar-refractivity contribution in [1.29, 1.82) is 0 Å². The van der Waals surface area contributed by atoms with Gasteiger partial charge in [0.05, 0.1) is 22.1 Å². The van der Waals surface area contributed by atoms with Gasteiger partial charge in [-0.15, -0.1) is 0 Å². The number of amides is 1. The van der Waals surface area contributed by atoms with Crippen LogP contribution in [-0.2, 0) is 16.5 Å². The summed E-state index contributed by atoms with van der Waals surface area (Å²) in [6, 6.07) is 15.2. The lowest BCUT2D eigenvalue weighted by atomic mass is 9.68. The number of nitro benzene ring substituents is 1. The zero-order valence-electron chi connectivity index (χ0n) is 20.2. The molecule has 3 aromatic carbocycles. The number of Topliss-reactive ketones (excluding diaryl/α,β-unsaturated/α-hetero) is 1. The van der Waals surface area contributed by atoms with Crippen LogP contribution in [0.15, 0.2) is 66.7 Å². The van der Waals surface area contributed by atoms with E-state index in [4.69, 9.17) is 11.6 Å². The minimum Gasteiger partial charge on any atom is -0.323 e. The van der Waals surface area contributed by atoms with Gasteiger partial charge in [0, 0.05) is 40.2 Å². The van der Waals surface area contributed by atoms with Crippen molar-refractivity contribution in [3.05, 3.63) is 104 Å². The Balaban J connectivity index is 1.63. The Bertz CT molecular complexity index is 1530. The fourth-order valence-electron chi connectivity index (χ4n) is 6.84. The lowest BCUT2D eigenvalue weighted by Crippen LogP contribution is -2.52. The first-order chi connectivity index (χ1) is 18.5. The maximum absolute atomic E-state index is 14.4. The molecule has 6 rings (SSSR count). The molecule has 0 radical (unpaired) electrons. The molecule has 1 spiro atoms. The Kier molecular flexibility index (Phi) is 5.82. The summed E-state index contributed by atoms with van der Waals surface area (Å²) in [6.45, 7) is 0.379. The number of alkyl halides is 3. The quantitative estimate of drug-likeness (QED) is 0.236. The maximum Gasteiger partial charge on any atom is 0.418 e. The molecule has 3 aliphatic rings. The first kappa shape index (κ1) is 25.5. The molecular formula is C28H21ClF3N3O4. The molecule has 0 aliphatic carbocycles. The van der Waals surface area contributed by atoms with Crippen molar-refractivity contribution in [2.24, 2.45) is 5.92 Å². The molecule has 3 heterocycles. The van der Waals surface area contributed by atoms with Crippen molar-refractivity contribution in [3.8, 4) is 0 Å². The molecule has 39 heavy (non-hydrogen) atoms. The molecule has 4 atom stereocenters. The molecule has 200 valence electrons. The molecule has 1 N–H and O–H groups in total. The molecule has 2 saturated heterocycles. The van der Waals surface area contributed by atoms with Crippen LogP contribution < -0.4 is 5.32 Å². The van der Waals surface area contributed by atoms with Gasteiger partial charge in [-0.3, -0.25) is 24.6 Å². The van der Waals surface area contributed by atoms with E-state index in [1.54, 1.807) is 6.07 Å². The number of carbonyl (C=O) groups excluding carboxylic acids is 2. The number of hydrogen-bond acceptors (Lipinski definition) is 5. The van der Waals surface area contributed by atoms with Gasteiger partial charge in [-0.2, -0.15) is 13.2 Å². The monoisotopic (exact) mass is 555 g/mol. The topological polar surface area (TPSA) is 92.5 Å². The second-order valence-corrected chi connectivity index (χ2v) is 10.5. The maximum atomic E-state index is 14.4. The largest absolute Gasteiger partial charge is 0.418 e. The van der Waals surface area contributed by atoms with Gasteiger partial charge in [0.25, 0.3) is 5.69 Å². The number of rotatable bonds is 4. The SMILES string of the molecule is O=C(c1ccc(Cl)cc1)C1C(c2cccc([N+](=O)[O-])c2)C2CCCN2[C@@]12C(=O)Nc1c(C(F)(F)F)cccc12. The van der Waals surface area contributed by atoms with E-state index >= 15 is 0 Å². The van der Waals surface area contributed by atoms with Gasteiger partial charge in [0.1, 0.15) is 5.54 Å². The number of para-hydroxylation sites is 1. The van der Waals surface area contributed by atoms with Gasteiger partial charge in [-0.25, -0.2) is 0 Å². The smallest absolute Gasteiger partial charge is 0.323 e. The highest BCUT2D eigenvalue weighted by Gasteiger charge is 2.70. The molecule has 3 aromatic rings. The lowest BCUT2D eigenvalue weighted by molar-refractivity contribution is -0.384. The number of nitrogens with zero attached hydrogens (tertiary/aromatic N) is 2. The molecule has 11 heteroatoms. The summed E-state index contributed by atoms with van der Waals surface area (Å²) in [5.74, 6) is -3.00. The molecular weight excluding hydrogens is 535 g/mol. The summed E-state index contributed by atoms with van der Waals surface area (Å²) in [5, 5.41) is 14.5. The van der Waals surface area contributed by atoms with Gasteiger partial charge in [-0.1, -0.05) is 35.9 Å². The highest BCUT2D eigenvalue weighted by Crippen LogP contribution is 2.62. The predicted octanol–water partition coefficient (Wildman–Crippen LogP) is 6.18. The Morgan fingerprint density at radius 1 is 1.10 bits per heavy atom. The van der Waals surface area contributed by atoms with Gasteiger partial charge in [-0.05, 0) is 55.3 Å². The summed E-state index contributed by atoms with van der Waals surface area (Å²) >= 11 is 6.04. The lowest BCUT2D eigenvalue weighted by Gasteiger charge is -2.37. The number of hydrogen-bond donors (Lipinski definition) is 1. The number of ketones is 1. The van der Waals surface area contributed by atoms with Gasteiger partial charge in [0.15, 0.2) is 5.78 Å². The van der Waals surface area contributed by atoms with Crippen LogP contribution in [0.2, 0.25) is 5.02 Å². The van der Waals surface area contributed by atoms with E-state index in [9.17, 15) is 32.9 Å². The van der Waals surface area contributed by atoms with E-state index in [2.05, 4.69) is 5.32 Å². The van der Waals surface area contributed by atoms with Crippen LogP contribution >= 0.6 is 11.6 Å². The van der Waals surface area contributed by atoms with E-state index in [0.717, 1.165) is 6.07 Å². The Morgan fingerprint density at radius 3 is 2.51 bits per heavy atom. The number of fused-ring (bicyclic) bond motifs is 4. The van der Waals surface area contributed by atoms with E-state index in [1.165, 1.54) is 54.6 Å². The average molecular weight is 556 g/mol. The van der Waals surface area contributed by atoms with E-state index in [-0.39, 0.29) is 22.5 Å². The van der Waals surface area contributed by atoms with E-state index in [1.807, 2.05) is 4.90 Å².